The number of hydrogen-bond acceptors (Lipinski definition) is 5. The molecule has 0 unspecified atom stereocenters. The Labute approximate surface area is 172 Å². The van der Waals surface area contributed by atoms with Gasteiger partial charge in [-0.3, -0.25) is 9.59 Å². The molecule has 0 atom stereocenters. The molecule has 0 fully saturated rings. The first-order chi connectivity index (χ1) is 14.4. The summed E-state index contributed by atoms with van der Waals surface area (Å²) >= 11 is 0. The van der Waals surface area contributed by atoms with Gasteiger partial charge in [-0.15, -0.1) is 0 Å². The van der Waals surface area contributed by atoms with E-state index < -0.39 is 30.2 Å². The maximum atomic E-state index is 13.7. The number of amides is 2. The number of halogens is 1. The molecular weight excluding hydrogens is 391 g/mol. The minimum Gasteiger partial charge on any atom is -0.459 e. The lowest BCUT2D eigenvalue weighted by Gasteiger charge is -2.17. The highest BCUT2D eigenvalue weighted by atomic mass is 19.1. The number of carbonyl (C=O) groups is 3. The molecule has 0 spiro atoms. The zero-order valence-corrected chi connectivity index (χ0v) is 16.1. The number of benzene rings is 2. The van der Waals surface area contributed by atoms with Crippen molar-refractivity contribution in [3.8, 4) is 0 Å². The highest BCUT2D eigenvalue weighted by Gasteiger charge is 2.15. The molecule has 2 amide bonds. The molecule has 0 bridgehead atoms. The average molecular weight is 410 g/mol. The summed E-state index contributed by atoms with van der Waals surface area (Å²) in [6.45, 7) is -0.409. The van der Waals surface area contributed by atoms with Crippen LogP contribution in [0.2, 0.25) is 0 Å². The number of carbonyl (C=O) groups excluding carboxylic acids is 3. The number of esters is 1. The first-order valence-electron chi connectivity index (χ1n) is 9.03. The van der Waals surface area contributed by atoms with Crippen LogP contribution in [0.25, 0.3) is 0 Å². The maximum absolute atomic E-state index is 13.7. The highest BCUT2D eigenvalue weighted by Crippen LogP contribution is 2.13. The molecule has 1 aromatic heterocycles. The van der Waals surface area contributed by atoms with E-state index in [9.17, 15) is 18.8 Å². The number of ether oxygens (including phenoxy) is 1. The Bertz CT molecular complexity index is 1030. The number of furan rings is 1. The summed E-state index contributed by atoms with van der Waals surface area (Å²) in [5, 5.41) is 2.63. The van der Waals surface area contributed by atoms with Gasteiger partial charge in [0.15, 0.2) is 12.4 Å². The average Bonchev–Trinajstić information content (AvgIpc) is 3.29. The van der Waals surface area contributed by atoms with Crippen molar-refractivity contribution in [2.45, 2.75) is 6.54 Å². The van der Waals surface area contributed by atoms with Gasteiger partial charge in [0.05, 0.1) is 11.8 Å². The summed E-state index contributed by atoms with van der Waals surface area (Å²) < 4.78 is 23.7. The van der Waals surface area contributed by atoms with Crippen LogP contribution in [-0.2, 0) is 16.1 Å². The van der Waals surface area contributed by atoms with E-state index in [-0.39, 0.29) is 17.9 Å². The van der Waals surface area contributed by atoms with Crippen molar-refractivity contribution < 1.29 is 27.9 Å². The number of likely N-dealkylation sites (N-methyl/N-ethyl adjacent to an activating group) is 1. The zero-order chi connectivity index (χ0) is 21.5. The lowest BCUT2D eigenvalue weighted by atomic mass is 10.2. The molecule has 30 heavy (non-hydrogen) atoms. The van der Waals surface area contributed by atoms with Gasteiger partial charge in [-0.25, -0.2) is 9.18 Å². The Balaban J connectivity index is 1.50. The third-order valence-corrected chi connectivity index (χ3v) is 4.24. The largest absolute Gasteiger partial charge is 0.459 e. The minimum absolute atomic E-state index is 0.0626. The Morgan fingerprint density at radius 2 is 1.77 bits per heavy atom. The van der Waals surface area contributed by atoms with Crippen molar-refractivity contribution in [2.75, 3.05) is 19.0 Å². The van der Waals surface area contributed by atoms with E-state index in [0.29, 0.717) is 11.3 Å². The van der Waals surface area contributed by atoms with Crippen molar-refractivity contribution >= 4 is 23.5 Å². The molecule has 2 aromatic carbocycles. The van der Waals surface area contributed by atoms with Gasteiger partial charge < -0.3 is 19.4 Å². The van der Waals surface area contributed by atoms with Gasteiger partial charge in [0, 0.05) is 24.8 Å². The Kier molecular flexibility index (Phi) is 6.59. The van der Waals surface area contributed by atoms with Crippen molar-refractivity contribution in [3.05, 3.63) is 89.6 Å². The number of rotatable bonds is 7. The standard InChI is InChI=1S/C22H19FN2O5/c1-25(13-16-5-2-3-6-18(16)23)20(26)14-30-22(28)15-8-10-17(11-9-15)24-21(27)19-7-4-12-29-19/h2-12H,13-14H2,1H3,(H,24,27). The molecule has 0 saturated carbocycles. The molecule has 3 aromatic rings. The van der Waals surface area contributed by atoms with Crippen molar-refractivity contribution in [1.29, 1.82) is 0 Å². The van der Waals surface area contributed by atoms with E-state index in [1.54, 1.807) is 24.3 Å². The monoisotopic (exact) mass is 410 g/mol. The van der Waals surface area contributed by atoms with Gasteiger partial charge in [-0.05, 0) is 42.5 Å². The second-order valence-corrected chi connectivity index (χ2v) is 6.43. The van der Waals surface area contributed by atoms with Gasteiger partial charge in [-0.1, -0.05) is 18.2 Å². The third kappa shape index (κ3) is 5.32. The predicted octanol–water partition coefficient (Wildman–Crippen LogP) is 3.49. The van der Waals surface area contributed by atoms with Crippen LogP contribution < -0.4 is 5.32 Å². The smallest absolute Gasteiger partial charge is 0.338 e. The van der Waals surface area contributed by atoms with E-state index >= 15 is 0 Å². The maximum Gasteiger partial charge on any atom is 0.338 e. The molecule has 0 aliphatic rings. The fraction of sp³-hybridized carbons (Fsp3) is 0.136. The summed E-state index contributed by atoms with van der Waals surface area (Å²) in [7, 11) is 1.50. The summed E-state index contributed by atoms with van der Waals surface area (Å²) in [5.74, 6) is -1.82. The van der Waals surface area contributed by atoms with Crippen LogP contribution in [0.3, 0.4) is 0 Å². The van der Waals surface area contributed by atoms with Gasteiger partial charge in [0.25, 0.3) is 11.8 Å². The Morgan fingerprint density at radius 1 is 1.03 bits per heavy atom. The molecular formula is C22H19FN2O5. The van der Waals surface area contributed by atoms with Gasteiger partial charge in [0.2, 0.25) is 0 Å². The number of nitrogens with zero attached hydrogens (tertiary/aromatic N) is 1. The third-order valence-electron chi connectivity index (χ3n) is 4.24. The van der Waals surface area contributed by atoms with Crippen LogP contribution in [0.5, 0.6) is 0 Å². The first kappa shape index (κ1) is 20.8. The minimum atomic E-state index is -0.688. The second-order valence-electron chi connectivity index (χ2n) is 6.43. The van der Waals surface area contributed by atoms with Gasteiger partial charge in [0.1, 0.15) is 5.82 Å². The van der Waals surface area contributed by atoms with E-state index in [0.717, 1.165) is 0 Å². The molecule has 0 aliphatic carbocycles. The van der Waals surface area contributed by atoms with Crippen molar-refractivity contribution in [1.82, 2.24) is 4.90 Å². The van der Waals surface area contributed by atoms with Crippen LogP contribution >= 0.6 is 0 Å². The molecule has 1 heterocycles. The van der Waals surface area contributed by atoms with Crippen molar-refractivity contribution in [2.24, 2.45) is 0 Å². The number of hydrogen-bond donors (Lipinski definition) is 1. The normalized spacial score (nSPS) is 10.3. The topological polar surface area (TPSA) is 88.9 Å². The molecule has 0 radical (unpaired) electrons. The molecule has 1 N–H and O–H groups in total. The fourth-order valence-electron chi connectivity index (χ4n) is 2.58. The van der Waals surface area contributed by atoms with E-state index in [2.05, 4.69) is 5.32 Å². The van der Waals surface area contributed by atoms with E-state index in [4.69, 9.17) is 9.15 Å². The molecule has 8 heteroatoms. The SMILES string of the molecule is CN(Cc1ccccc1F)C(=O)COC(=O)c1ccc(NC(=O)c2ccco2)cc1. The molecule has 0 aliphatic heterocycles. The van der Waals surface area contributed by atoms with Crippen LogP contribution in [0.4, 0.5) is 10.1 Å². The highest BCUT2D eigenvalue weighted by molar-refractivity contribution is 6.02. The fourth-order valence-corrected chi connectivity index (χ4v) is 2.58. The van der Waals surface area contributed by atoms with Gasteiger partial charge >= 0.3 is 5.97 Å². The Hall–Kier alpha value is -3.94. The van der Waals surface area contributed by atoms with E-state index in [1.807, 2.05) is 0 Å². The van der Waals surface area contributed by atoms with Crippen molar-refractivity contribution in [3.63, 3.8) is 0 Å². The predicted molar refractivity (Wildman–Crippen MR) is 106 cm³/mol. The lowest BCUT2D eigenvalue weighted by Crippen LogP contribution is -2.31. The first-order valence-corrected chi connectivity index (χ1v) is 9.03. The summed E-state index contributed by atoms with van der Waals surface area (Å²) in [5.41, 5.74) is 1.05. The van der Waals surface area contributed by atoms with Crippen LogP contribution in [-0.4, -0.2) is 36.3 Å². The molecule has 3 rings (SSSR count). The lowest BCUT2D eigenvalue weighted by molar-refractivity contribution is -0.133. The van der Waals surface area contributed by atoms with Crippen LogP contribution in [0.1, 0.15) is 26.5 Å². The van der Waals surface area contributed by atoms with Crippen LogP contribution in [0.15, 0.2) is 71.3 Å². The van der Waals surface area contributed by atoms with E-state index in [1.165, 1.54) is 54.6 Å². The molecule has 7 nitrogen and oxygen atoms in total. The number of nitrogens with one attached hydrogen (secondary N) is 1. The number of anilines is 1. The Morgan fingerprint density at radius 3 is 2.43 bits per heavy atom. The molecule has 0 saturated heterocycles. The second kappa shape index (κ2) is 9.51. The van der Waals surface area contributed by atoms with Gasteiger partial charge in [-0.2, -0.15) is 0 Å². The van der Waals surface area contributed by atoms with Crippen LogP contribution in [0, 0.1) is 5.82 Å². The molecule has 154 valence electrons. The summed E-state index contributed by atoms with van der Waals surface area (Å²) in [6, 6.07) is 15.3. The summed E-state index contributed by atoms with van der Waals surface area (Å²) in [6.07, 6.45) is 1.39. The summed E-state index contributed by atoms with van der Waals surface area (Å²) in [4.78, 5) is 37.5. The zero-order valence-electron chi connectivity index (χ0n) is 16.1. The quantitative estimate of drug-likeness (QED) is 0.603.